The number of nitrogens with zero attached hydrogens (tertiary/aromatic N) is 2. The smallest absolute Gasteiger partial charge is 0.191 e. The molecule has 5 nitrogen and oxygen atoms in total. The normalized spacial score (nSPS) is 15.7. The summed E-state index contributed by atoms with van der Waals surface area (Å²) in [5.74, 6) is 0.862. The van der Waals surface area contributed by atoms with Crippen molar-refractivity contribution in [3.05, 3.63) is 16.1 Å². The first-order chi connectivity index (χ1) is 11.8. The van der Waals surface area contributed by atoms with Crippen molar-refractivity contribution in [2.45, 2.75) is 71.4 Å². The SMILES string of the molecule is CCNC(=NCc1csc(CC)n1)NCCCOC1CCCCC1.I. The molecular formula is C18H33IN4OS. The second-order valence-corrected chi connectivity index (χ2v) is 7.14. The maximum atomic E-state index is 5.96. The van der Waals surface area contributed by atoms with E-state index in [9.17, 15) is 0 Å². The van der Waals surface area contributed by atoms with E-state index in [1.54, 1.807) is 11.3 Å². The van der Waals surface area contributed by atoms with Crippen LogP contribution < -0.4 is 10.6 Å². The van der Waals surface area contributed by atoms with E-state index in [0.29, 0.717) is 12.6 Å². The first-order valence-electron chi connectivity index (χ1n) is 9.38. The fourth-order valence-corrected chi connectivity index (χ4v) is 3.58. The average Bonchev–Trinajstić information content (AvgIpc) is 3.08. The van der Waals surface area contributed by atoms with Crippen molar-refractivity contribution in [3.8, 4) is 0 Å². The highest BCUT2D eigenvalue weighted by Crippen LogP contribution is 2.20. The van der Waals surface area contributed by atoms with E-state index in [1.165, 1.54) is 37.1 Å². The van der Waals surface area contributed by atoms with Crippen LogP contribution in [-0.4, -0.2) is 36.7 Å². The molecule has 144 valence electrons. The lowest BCUT2D eigenvalue weighted by molar-refractivity contribution is 0.0277. The molecule has 1 aromatic heterocycles. The van der Waals surface area contributed by atoms with Gasteiger partial charge < -0.3 is 15.4 Å². The van der Waals surface area contributed by atoms with Crippen molar-refractivity contribution >= 4 is 41.3 Å². The van der Waals surface area contributed by atoms with Crippen LogP contribution in [0.25, 0.3) is 0 Å². The Morgan fingerprint density at radius 2 is 2.08 bits per heavy atom. The van der Waals surface area contributed by atoms with Gasteiger partial charge >= 0.3 is 0 Å². The van der Waals surface area contributed by atoms with Gasteiger partial charge in [0.1, 0.15) is 0 Å². The van der Waals surface area contributed by atoms with E-state index < -0.39 is 0 Å². The van der Waals surface area contributed by atoms with Gasteiger partial charge in [-0.2, -0.15) is 0 Å². The summed E-state index contributed by atoms with van der Waals surface area (Å²) in [6, 6.07) is 0. The number of nitrogens with one attached hydrogen (secondary N) is 2. The second-order valence-electron chi connectivity index (χ2n) is 6.19. The molecule has 0 atom stereocenters. The first-order valence-corrected chi connectivity index (χ1v) is 10.3. The number of guanidine groups is 1. The van der Waals surface area contributed by atoms with Crippen LogP contribution in [0.4, 0.5) is 0 Å². The first kappa shape index (κ1) is 22.6. The summed E-state index contributed by atoms with van der Waals surface area (Å²) < 4.78 is 5.96. The maximum absolute atomic E-state index is 5.96. The molecule has 1 heterocycles. The molecule has 0 bridgehead atoms. The lowest BCUT2D eigenvalue weighted by Crippen LogP contribution is -2.38. The largest absolute Gasteiger partial charge is 0.378 e. The summed E-state index contributed by atoms with van der Waals surface area (Å²) in [6.45, 7) is 7.43. The van der Waals surface area contributed by atoms with Crippen molar-refractivity contribution in [2.75, 3.05) is 19.7 Å². The fourth-order valence-electron chi connectivity index (χ4n) is 2.85. The van der Waals surface area contributed by atoms with Gasteiger partial charge in [-0.1, -0.05) is 26.2 Å². The van der Waals surface area contributed by atoms with E-state index in [4.69, 9.17) is 4.74 Å². The third-order valence-corrected chi connectivity index (χ3v) is 5.21. The summed E-state index contributed by atoms with van der Waals surface area (Å²) >= 11 is 1.71. The molecule has 1 aromatic rings. The third kappa shape index (κ3) is 9.19. The van der Waals surface area contributed by atoms with E-state index in [1.807, 2.05) is 0 Å². The minimum atomic E-state index is 0. The Hall–Kier alpha value is -0.410. The molecule has 7 heteroatoms. The average molecular weight is 480 g/mol. The number of aromatic nitrogens is 1. The third-order valence-electron chi connectivity index (χ3n) is 4.16. The summed E-state index contributed by atoms with van der Waals surface area (Å²) in [6.07, 6.45) is 9.02. The number of aryl methyl sites for hydroxylation is 1. The maximum Gasteiger partial charge on any atom is 0.191 e. The zero-order valence-corrected chi connectivity index (χ0v) is 18.7. The summed E-state index contributed by atoms with van der Waals surface area (Å²) in [4.78, 5) is 9.17. The molecule has 2 N–H and O–H groups in total. The molecule has 0 amide bonds. The number of rotatable bonds is 9. The van der Waals surface area contributed by atoms with Crippen molar-refractivity contribution in [3.63, 3.8) is 0 Å². The number of ether oxygens (including phenoxy) is 1. The van der Waals surface area contributed by atoms with Gasteiger partial charge in [-0.05, 0) is 32.6 Å². The minimum absolute atomic E-state index is 0. The molecule has 0 saturated heterocycles. The number of aliphatic imine (C=N–C) groups is 1. The molecule has 0 unspecified atom stereocenters. The Kier molecular flexibility index (Phi) is 12.4. The molecule has 25 heavy (non-hydrogen) atoms. The van der Waals surface area contributed by atoms with Crippen LogP contribution in [0.2, 0.25) is 0 Å². The summed E-state index contributed by atoms with van der Waals surface area (Å²) in [5.41, 5.74) is 1.05. The predicted octanol–water partition coefficient (Wildman–Crippen LogP) is 4.12. The molecule has 0 aromatic carbocycles. The van der Waals surface area contributed by atoms with Crippen LogP contribution in [-0.2, 0) is 17.7 Å². The molecule has 1 aliphatic carbocycles. The van der Waals surface area contributed by atoms with Gasteiger partial charge in [0.25, 0.3) is 0 Å². The van der Waals surface area contributed by atoms with E-state index >= 15 is 0 Å². The van der Waals surface area contributed by atoms with Gasteiger partial charge in [-0.25, -0.2) is 9.98 Å². The Bertz CT molecular complexity index is 489. The Morgan fingerprint density at radius 1 is 1.28 bits per heavy atom. The van der Waals surface area contributed by atoms with Gasteiger partial charge in [-0.3, -0.25) is 0 Å². The van der Waals surface area contributed by atoms with Crippen molar-refractivity contribution in [1.29, 1.82) is 0 Å². The molecule has 0 spiro atoms. The minimum Gasteiger partial charge on any atom is -0.378 e. The van der Waals surface area contributed by atoms with Gasteiger partial charge in [-0.15, -0.1) is 35.3 Å². The summed E-state index contributed by atoms with van der Waals surface area (Å²) in [5, 5.41) is 9.95. The van der Waals surface area contributed by atoms with Crippen LogP contribution in [0.5, 0.6) is 0 Å². The van der Waals surface area contributed by atoms with Gasteiger partial charge in [0.05, 0.1) is 23.4 Å². The standard InChI is InChI=1S/C18H32N4OS.HI/c1-3-17-22-15(14-24-17)13-21-18(19-4-2)20-11-8-12-23-16-9-6-5-7-10-16;/h14,16H,3-13H2,1-2H3,(H2,19,20,21);1H. The van der Waals surface area contributed by atoms with E-state index in [-0.39, 0.29) is 24.0 Å². The number of hydrogen-bond acceptors (Lipinski definition) is 4. The van der Waals surface area contributed by atoms with Gasteiger partial charge in [0.15, 0.2) is 5.96 Å². The molecule has 1 fully saturated rings. The Morgan fingerprint density at radius 3 is 2.76 bits per heavy atom. The fraction of sp³-hybridized carbons (Fsp3) is 0.778. The number of thiazole rings is 1. The topological polar surface area (TPSA) is 58.5 Å². The highest BCUT2D eigenvalue weighted by molar-refractivity contribution is 14.0. The molecule has 0 aliphatic heterocycles. The zero-order chi connectivity index (χ0) is 17.0. The van der Waals surface area contributed by atoms with E-state index in [0.717, 1.165) is 44.2 Å². The predicted molar refractivity (Wildman–Crippen MR) is 117 cm³/mol. The number of hydrogen-bond donors (Lipinski definition) is 2. The van der Waals surface area contributed by atoms with E-state index in [2.05, 4.69) is 39.8 Å². The molecule has 2 rings (SSSR count). The second kappa shape index (κ2) is 13.7. The molecule has 0 radical (unpaired) electrons. The monoisotopic (exact) mass is 480 g/mol. The Labute approximate surface area is 173 Å². The van der Waals surface area contributed by atoms with Crippen LogP contribution in [0, 0.1) is 0 Å². The van der Waals surface area contributed by atoms with Gasteiger partial charge in [0.2, 0.25) is 0 Å². The van der Waals surface area contributed by atoms with Crippen LogP contribution in [0.15, 0.2) is 10.4 Å². The van der Waals surface area contributed by atoms with Crippen molar-refractivity contribution in [2.24, 2.45) is 4.99 Å². The van der Waals surface area contributed by atoms with Crippen molar-refractivity contribution < 1.29 is 4.74 Å². The molecule has 1 aliphatic rings. The Balaban J connectivity index is 0.00000312. The number of halogens is 1. The quantitative estimate of drug-likeness (QED) is 0.242. The lowest BCUT2D eigenvalue weighted by atomic mass is 9.98. The van der Waals surface area contributed by atoms with Crippen LogP contribution >= 0.6 is 35.3 Å². The highest BCUT2D eigenvalue weighted by atomic mass is 127. The van der Waals surface area contributed by atoms with Crippen LogP contribution in [0.1, 0.15) is 63.1 Å². The lowest BCUT2D eigenvalue weighted by Gasteiger charge is -2.22. The zero-order valence-electron chi connectivity index (χ0n) is 15.6. The summed E-state index contributed by atoms with van der Waals surface area (Å²) in [7, 11) is 0. The van der Waals surface area contributed by atoms with Crippen LogP contribution in [0.3, 0.4) is 0 Å². The van der Waals surface area contributed by atoms with Crippen molar-refractivity contribution in [1.82, 2.24) is 15.6 Å². The molecular weight excluding hydrogens is 447 g/mol. The van der Waals surface area contributed by atoms with Gasteiger partial charge in [0, 0.05) is 25.1 Å². The molecule has 1 saturated carbocycles. The highest BCUT2D eigenvalue weighted by Gasteiger charge is 2.12.